The Morgan fingerprint density at radius 3 is 0.878 bits per heavy atom. The molecular formula is C111H131N29O8. The van der Waals surface area contributed by atoms with Gasteiger partial charge in [0.25, 0.3) is 0 Å². The molecule has 0 aliphatic carbocycles. The predicted octanol–water partition coefficient (Wildman–Crippen LogP) is 17.4. The minimum atomic E-state index is -0.304. The molecule has 37 heteroatoms. The van der Waals surface area contributed by atoms with Gasteiger partial charge in [-0.2, -0.15) is 5.10 Å². The minimum Gasteiger partial charge on any atom is -0.494 e. The highest BCUT2D eigenvalue weighted by Gasteiger charge is 2.25. The number of amides is 4. The van der Waals surface area contributed by atoms with E-state index >= 15 is 0 Å². The molecule has 0 aliphatic rings. The first kappa shape index (κ1) is 108. The summed E-state index contributed by atoms with van der Waals surface area (Å²) in [5.74, 6) is 2.83. The molecular weight excluding hydrogens is 1870 g/mol. The lowest BCUT2D eigenvalue weighted by molar-refractivity contribution is -0.112. The first-order chi connectivity index (χ1) is 71.2. The Morgan fingerprint density at radius 2 is 0.581 bits per heavy atom. The molecule has 4 amide bonds. The van der Waals surface area contributed by atoms with E-state index in [0.717, 1.165) is 164 Å². The van der Waals surface area contributed by atoms with Crippen LogP contribution < -0.4 is 81.1 Å². The van der Waals surface area contributed by atoms with Crippen molar-refractivity contribution in [2.75, 3.05) is 228 Å². The quantitative estimate of drug-likeness (QED) is 0.0165. The van der Waals surface area contributed by atoms with Gasteiger partial charge in [0, 0.05) is 237 Å². The standard InChI is InChI=1S/3C28H33N7O2.C27H32N8O2/c1-7-27(36)30-22-17-23(26(37-6)18-25(22)35(5)16-15-33(2)3)32-28-29-13-11-21(31-28)19-9-8-10-24-20(19)12-14-34(24)4;2*1-7-27(36)30-22-16-23(26(37-6)17-25(22)34(4)15-14-33(2)3)32-28-29-13-12-21(31-28)20-18-35(5)24-11-9-8-10-19(20)24;1-7-26(36)30-21-15-22(25(37-6)16-24(21)34(4)14-13-33(2)3)32-27-28-12-11-20(31-27)18-9-8-10-23-19(18)17-29-35(23)5/h7-14,17-18H,1,15-16H2,2-6H3,(H,30,36)(H,29,31,32);2*7-13,16-18H,1,14-15H2,2-6H3,(H,30,36)(H,29,31,32);7-12,15-17H,1,13-14H2,2-6H3,(H,30,36)(H,28,31,32). The van der Waals surface area contributed by atoms with E-state index in [-0.39, 0.29) is 23.6 Å². The number of nitrogens with one attached hydrogen (secondary N) is 8. The second-order valence-corrected chi connectivity index (χ2v) is 36.0. The lowest BCUT2D eigenvalue weighted by Gasteiger charge is -2.26. The van der Waals surface area contributed by atoms with E-state index in [9.17, 15) is 19.2 Å². The number of benzene rings is 8. The van der Waals surface area contributed by atoms with Crippen molar-refractivity contribution in [3.63, 3.8) is 0 Å². The van der Waals surface area contributed by atoms with Crippen LogP contribution in [0, 0.1) is 0 Å². The molecule has 0 bridgehead atoms. The first-order valence-electron chi connectivity index (χ1n) is 47.7. The van der Waals surface area contributed by atoms with Gasteiger partial charge in [0.2, 0.25) is 47.4 Å². The third kappa shape index (κ3) is 26.9. The molecule has 37 nitrogen and oxygen atoms in total. The zero-order chi connectivity index (χ0) is 106. The molecule has 8 aromatic carbocycles. The second-order valence-electron chi connectivity index (χ2n) is 36.0. The van der Waals surface area contributed by atoms with Crippen LogP contribution in [0.2, 0.25) is 0 Å². The summed E-state index contributed by atoms with van der Waals surface area (Å²) in [6, 6.07) is 53.1. The van der Waals surface area contributed by atoms with Crippen molar-refractivity contribution in [2.45, 2.75) is 0 Å². The van der Waals surface area contributed by atoms with Crippen LogP contribution in [-0.4, -0.2) is 272 Å². The summed E-state index contributed by atoms with van der Waals surface area (Å²) in [4.78, 5) is 102. The highest BCUT2D eigenvalue weighted by atomic mass is 16.5. The van der Waals surface area contributed by atoms with E-state index in [2.05, 4.69) is 202 Å². The predicted molar refractivity (Wildman–Crippen MR) is 601 cm³/mol. The van der Waals surface area contributed by atoms with Crippen molar-refractivity contribution < 1.29 is 38.1 Å². The van der Waals surface area contributed by atoms with E-state index in [1.54, 1.807) is 53.2 Å². The second kappa shape index (κ2) is 50.1. The fourth-order valence-electron chi connectivity index (χ4n) is 16.4. The molecule has 0 unspecified atom stereocenters. The molecule has 0 saturated carbocycles. The first-order valence-corrected chi connectivity index (χ1v) is 47.7. The summed E-state index contributed by atoms with van der Waals surface area (Å²) in [6.07, 6.45) is 19.9. The number of hydrogen-bond donors (Lipinski definition) is 8. The van der Waals surface area contributed by atoms with E-state index in [0.29, 0.717) is 92.3 Å². The van der Waals surface area contributed by atoms with Gasteiger partial charge in [-0.15, -0.1) is 0 Å². The molecule has 0 saturated heterocycles. The number of methoxy groups -OCH3 is 4. The number of aromatic nitrogens is 13. The van der Waals surface area contributed by atoms with Crippen LogP contribution in [0.15, 0.2) is 264 Å². The van der Waals surface area contributed by atoms with E-state index in [1.807, 2.05) is 251 Å². The fraction of sp³-hybridized carbons (Fsp3) is 0.252. The van der Waals surface area contributed by atoms with Crippen LogP contribution in [0.25, 0.3) is 88.6 Å². The maximum Gasteiger partial charge on any atom is 0.247 e. The summed E-state index contributed by atoms with van der Waals surface area (Å²) < 4.78 is 30.9. The topological polar surface area (TPSA) is 363 Å². The van der Waals surface area contributed by atoms with Gasteiger partial charge in [0.1, 0.15) is 23.0 Å². The van der Waals surface area contributed by atoms with E-state index in [1.165, 1.54) is 24.3 Å². The Hall–Kier alpha value is -17.6. The van der Waals surface area contributed by atoms with Gasteiger partial charge in [-0.1, -0.05) is 87.0 Å². The third-order valence-corrected chi connectivity index (χ3v) is 24.4. The number of carbonyl (C=O) groups excluding carboxylic acids is 4. The Bertz CT molecular complexity index is 7000. The number of anilines is 16. The number of likely N-dealkylation sites (N-methyl/N-ethyl adjacent to an activating group) is 8. The zero-order valence-electron chi connectivity index (χ0n) is 87.7. The van der Waals surface area contributed by atoms with Gasteiger partial charge in [-0.05, 0) is 160 Å². The smallest absolute Gasteiger partial charge is 0.247 e. The number of hydrogen-bond acceptors (Lipinski definition) is 29. The van der Waals surface area contributed by atoms with Crippen LogP contribution in [0.1, 0.15) is 0 Å². The minimum absolute atomic E-state index is 0.299. The van der Waals surface area contributed by atoms with Gasteiger partial charge in [0.15, 0.2) is 0 Å². The summed E-state index contributed by atoms with van der Waals surface area (Å²) in [6.45, 7) is 20.8. The van der Waals surface area contributed by atoms with Crippen molar-refractivity contribution in [2.24, 2.45) is 28.2 Å². The van der Waals surface area contributed by atoms with Gasteiger partial charge in [-0.3, -0.25) is 23.9 Å². The highest BCUT2D eigenvalue weighted by Crippen LogP contribution is 2.45. The van der Waals surface area contributed by atoms with Crippen LogP contribution >= 0.6 is 0 Å². The molecule has 8 N–H and O–H groups in total. The molecule has 0 spiro atoms. The molecule has 0 fully saturated rings. The lowest BCUT2D eigenvalue weighted by Crippen LogP contribution is -2.29. The Kier molecular flexibility index (Phi) is 36.5. The van der Waals surface area contributed by atoms with E-state index < -0.39 is 0 Å². The molecule has 16 aromatic rings. The number of carbonyl (C=O) groups is 4. The molecule has 8 aromatic heterocycles. The van der Waals surface area contributed by atoms with Crippen molar-refractivity contribution in [1.29, 1.82) is 0 Å². The molecule has 8 heterocycles. The summed E-state index contributed by atoms with van der Waals surface area (Å²) in [7, 11) is 38.5. The molecule has 768 valence electrons. The summed E-state index contributed by atoms with van der Waals surface area (Å²) in [5.41, 5.74) is 19.9. The highest BCUT2D eigenvalue weighted by molar-refractivity contribution is 6.06. The largest absolute Gasteiger partial charge is 0.494 e. The summed E-state index contributed by atoms with van der Waals surface area (Å²) >= 11 is 0. The number of aryl methyl sites for hydroxylation is 4. The molecule has 0 aliphatic heterocycles. The maximum atomic E-state index is 12.2. The lowest BCUT2D eigenvalue weighted by atomic mass is 10.1. The van der Waals surface area contributed by atoms with Crippen molar-refractivity contribution in [1.82, 2.24) is 83.0 Å². The van der Waals surface area contributed by atoms with Crippen LogP contribution in [0.5, 0.6) is 23.0 Å². The fourth-order valence-corrected chi connectivity index (χ4v) is 16.4. The summed E-state index contributed by atoms with van der Waals surface area (Å²) in [5, 5.41) is 33.5. The van der Waals surface area contributed by atoms with E-state index in [4.69, 9.17) is 38.9 Å². The van der Waals surface area contributed by atoms with Crippen molar-refractivity contribution >= 4 is 159 Å². The van der Waals surface area contributed by atoms with Crippen molar-refractivity contribution in [3.05, 3.63) is 264 Å². The average molecular weight is 2000 g/mol. The SMILES string of the molecule is C=CC(=O)Nc1cc(Nc2nccc(-c3cccc4c3ccn4C)n2)c(OC)cc1N(C)CCN(C)C.C=CC(=O)Nc1cc(Nc2nccc(-c3cccc4c3cnn4C)n2)c(OC)cc1N(C)CCN(C)C.C=CC(=O)Nc1cc(Nc2nccc(-c3cn(C)c4ccccc34)n2)c(OC)cc1N(C)CCN(C)C.C=CC(=O)Nc1cc(Nc2nccc(-c3cn(C)c4ccccc34)n2)c(OC)cc1N(C)CCN(C)C. The Labute approximate surface area is 863 Å². The average Bonchev–Trinajstić information content (AvgIpc) is 1.66. The van der Waals surface area contributed by atoms with Crippen LogP contribution in [0.3, 0.4) is 0 Å². The van der Waals surface area contributed by atoms with Gasteiger partial charge in [0.05, 0.1) is 131 Å². The monoisotopic (exact) mass is 2000 g/mol. The number of ether oxygens (including phenoxy) is 4. The Morgan fingerprint density at radius 1 is 0.311 bits per heavy atom. The Balaban J connectivity index is 0.000000165. The number of rotatable bonds is 40. The molecule has 148 heavy (non-hydrogen) atoms. The van der Waals surface area contributed by atoms with Crippen LogP contribution in [-0.2, 0) is 47.4 Å². The van der Waals surface area contributed by atoms with Crippen LogP contribution in [0.4, 0.5) is 92.0 Å². The van der Waals surface area contributed by atoms with Gasteiger partial charge in [-0.25, -0.2) is 39.9 Å². The number of para-hydroxylation sites is 2. The number of nitrogens with zero attached hydrogens (tertiary/aromatic N) is 21. The molecule has 0 atom stereocenters. The van der Waals surface area contributed by atoms with Crippen molar-refractivity contribution in [3.8, 4) is 68.0 Å². The molecule has 0 radical (unpaired) electrons. The van der Waals surface area contributed by atoms with Gasteiger partial charge < -0.3 is 114 Å². The number of fused-ring (bicyclic) bond motifs is 4. The van der Waals surface area contributed by atoms with Gasteiger partial charge >= 0.3 is 0 Å². The zero-order valence-corrected chi connectivity index (χ0v) is 87.7. The molecule has 16 rings (SSSR count). The third-order valence-electron chi connectivity index (χ3n) is 24.4. The maximum absolute atomic E-state index is 12.2. The normalized spacial score (nSPS) is 11.0.